The molecule has 0 N–H and O–H groups in total. The van der Waals surface area contributed by atoms with Crippen molar-refractivity contribution in [2.45, 2.75) is 62.3 Å². The second kappa shape index (κ2) is 15.7. The lowest BCUT2D eigenvalue weighted by molar-refractivity contribution is -0.268. The minimum Gasteiger partial charge on any atom is -0.530 e. The van der Waals surface area contributed by atoms with Gasteiger partial charge in [-0.05, 0) is 59.2 Å². The van der Waals surface area contributed by atoms with Crippen molar-refractivity contribution in [1.29, 1.82) is 0 Å². The average Bonchev–Trinajstić information content (AvgIpc) is 3.04. The topological polar surface area (TPSA) is 96.8 Å². The first-order valence-electron chi connectivity index (χ1n) is 15.5. The van der Waals surface area contributed by atoms with Crippen LogP contribution in [0.1, 0.15) is 29.0 Å². The smallest absolute Gasteiger partial charge is 0.189 e. The Morgan fingerprint density at radius 1 is 1.02 bits per heavy atom. The lowest BCUT2D eigenvalue weighted by atomic mass is 9.86. The number of ether oxygens (including phenoxy) is 3. The molecule has 0 spiro atoms. The number of likely N-dealkylation sites (tertiary alicyclic amines) is 1. The highest BCUT2D eigenvalue weighted by molar-refractivity contribution is 7.99. The number of benzene rings is 3. The van der Waals surface area contributed by atoms with Crippen LogP contribution in [0.25, 0.3) is 10.8 Å². The van der Waals surface area contributed by atoms with Gasteiger partial charge in [-0.25, -0.2) is 9.97 Å². The summed E-state index contributed by atoms with van der Waals surface area (Å²) in [5.74, 6) is 1.71. The van der Waals surface area contributed by atoms with Gasteiger partial charge in [-0.3, -0.25) is 0 Å². The molecule has 1 saturated heterocycles. The van der Waals surface area contributed by atoms with E-state index >= 15 is 0 Å². The number of amides is 1. The third-order valence-corrected chi connectivity index (χ3v) is 10.6. The van der Waals surface area contributed by atoms with Gasteiger partial charge in [0.25, 0.3) is 0 Å². The zero-order chi connectivity index (χ0) is 31.6. The fourth-order valence-electron chi connectivity index (χ4n) is 5.47. The highest BCUT2D eigenvalue weighted by atomic mass is 32.2. The summed E-state index contributed by atoms with van der Waals surface area (Å²) >= 11 is 1.64. The van der Waals surface area contributed by atoms with Crippen molar-refractivity contribution in [2.75, 3.05) is 32.2 Å². The number of carbonyl (C=O) groups is 1. The molecule has 0 saturated carbocycles. The van der Waals surface area contributed by atoms with Gasteiger partial charge < -0.3 is 29.0 Å². The van der Waals surface area contributed by atoms with E-state index < -0.39 is 14.2 Å². The molecule has 1 amide bonds. The van der Waals surface area contributed by atoms with Gasteiger partial charge in [0.2, 0.25) is 0 Å². The molecule has 5 rings (SSSR count). The van der Waals surface area contributed by atoms with Crippen molar-refractivity contribution < 1.29 is 24.1 Å². The highest BCUT2D eigenvalue weighted by Crippen LogP contribution is 2.33. The number of hydrogen-bond acceptors (Lipinski definition) is 8. The normalized spacial score (nSPS) is 17.0. The number of fused-ring (bicyclic) bond motifs is 1. The summed E-state index contributed by atoms with van der Waals surface area (Å²) in [5.41, 5.74) is 3.35. The van der Waals surface area contributed by atoms with E-state index in [9.17, 15) is 9.90 Å². The molecule has 0 aliphatic carbocycles. The Balaban J connectivity index is 1.24. The number of carbonyl (C=O) groups excluding carboxylic acids is 1. The Morgan fingerprint density at radius 2 is 1.80 bits per heavy atom. The van der Waals surface area contributed by atoms with Gasteiger partial charge in [0.05, 0.1) is 12.7 Å². The van der Waals surface area contributed by atoms with E-state index in [4.69, 9.17) is 14.2 Å². The number of rotatable bonds is 14. The molecule has 2 unspecified atom stereocenters. The number of aromatic nitrogens is 2. The Hall–Kier alpha value is -3.44. The van der Waals surface area contributed by atoms with Crippen molar-refractivity contribution in [1.82, 2.24) is 14.9 Å². The molecule has 1 aromatic heterocycles. The van der Waals surface area contributed by atoms with E-state index in [1.807, 2.05) is 30.3 Å². The molecule has 4 aromatic rings. The maximum absolute atomic E-state index is 11.8. The number of nitrogens with zero attached hydrogens (tertiary/aromatic N) is 3. The fourth-order valence-corrected chi connectivity index (χ4v) is 7.02. The van der Waals surface area contributed by atoms with Crippen LogP contribution in [0.4, 0.5) is 4.79 Å². The van der Waals surface area contributed by atoms with Crippen molar-refractivity contribution in [3.8, 4) is 5.75 Å². The van der Waals surface area contributed by atoms with Crippen LogP contribution in [0.3, 0.4) is 0 Å². The molecule has 0 bridgehead atoms. The predicted molar refractivity (Wildman–Crippen MR) is 179 cm³/mol. The monoisotopic (exact) mass is 644 g/mol. The minimum absolute atomic E-state index is 0.0673. The van der Waals surface area contributed by atoms with Crippen LogP contribution in [-0.2, 0) is 22.5 Å². The fraction of sp³-hybridized carbons (Fsp3) is 0.400. The van der Waals surface area contributed by atoms with Gasteiger partial charge in [-0.2, -0.15) is 0 Å². The molecule has 45 heavy (non-hydrogen) atoms. The summed E-state index contributed by atoms with van der Waals surface area (Å²) in [6.07, 6.45) is 3.62. The van der Waals surface area contributed by atoms with Crippen molar-refractivity contribution >= 4 is 36.7 Å². The van der Waals surface area contributed by atoms with Gasteiger partial charge in [-0.15, -0.1) is 0 Å². The molecule has 1 fully saturated rings. The molecular weight excluding hydrogens is 603 g/mol. The summed E-state index contributed by atoms with van der Waals surface area (Å²) in [6.45, 7) is 8.90. The zero-order valence-electron chi connectivity index (χ0n) is 26.3. The number of thioether (sulfide) groups is 1. The van der Waals surface area contributed by atoms with E-state index in [1.54, 1.807) is 24.2 Å². The highest BCUT2D eigenvalue weighted by Gasteiger charge is 2.31. The molecule has 3 aromatic carbocycles. The lowest BCUT2D eigenvalue weighted by Gasteiger charge is -2.40. The van der Waals surface area contributed by atoms with Gasteiger partial charge in [-0.1, -0.05) is 79.9 Å². The van der Waals surface area contributed by atoms with Gasteiger partial charge in [0.15, 0.2) is 11.9 Å². The Kier molecular flexibility index (Phi) is 11.5. The van der Waals surface area contributed by atoms with Crippen LogP contribution < -0.4 is 9.84 Å². The predicted octanol–water partition coefficient (Wildman–Crippen LogP) is 6.37. The summed E-state index contributed by atoms with van der Waals surface area (Å²) < 4.78 is 18.4. The largest absolute Gasteiger partial charge is 0.530 e. The molecule has 2 atom stereocenters. The maximum atomic E-state index is 11.8. The number of piperidine rings is 1. The molecule has 238 valence electrons. The molecule has 0 radical (unpaired) electrons. The molecule has 2 heterocycles. The molecule has 1 aliphatic heterocycles. The number of hydrogen-bond donors (Lipinski definition) is 0. The van der Waals surface area contributed by atoms with Crippen LogP contribution in [0, 0.1) is 0 Å². The third-order valence-electron chi connectivity index (χ3n) is 8.03. The minimum atomic E-state index is -1.18. The second-order valence-corrected chi connectivity index (χ2v) is 19.3. The van der Waals surface area contributed by atoms with Crippen molar-refractivity contribution in [2.24, 2.45) is 0 Å². The number of carboxylic acid groups (broad SMARTS) is 1. The van der Waals surface area contributed by atoms with E-state index in [-0.39, 0.29) is 25.4 Å². The van der Waals surface area contributed by atoms with Gasteiger partial charge in [0.1, 0.15) is 11.8 Å². The third kappa shape index (κ3) is 9.77. The maximum Gasteiger partial charge on any atom is 0.189 e. The Labute approximate surface area is 271 Å². The molecule has 1 aliphatic rings. The van der Waals surface area contributed by atoms with Crippen LogP contribution >= 0.6 is 11.8 Å². The van der Waals surface area contributed by atoms with Crippen LogP contribution in [0.5, 0.6) is 5.75 Å². The Bertz CT molecular complexity index is 1530. The zero-order valence-corrected chi connectivity index (χ0v) is 28.1. The van der Waals surface area contributed by atoms with Crippen LogP contribution in [0.15, 0.2) is 84.3 Å². The molecule has 10 heteroatoms. The standard InChI is InChI=1S/C35H43N3O5SSi/c1-45(2,3)20-18-41-25-43-32-22-27(21-29-7-4-5-8-30(29)32)24-42-33-23-38(35(39)40)17-13-31(33)28-11-9-26(10-12-28)14-19-44-34-36-15-6-16-37-34/h4-12,15-16,21-22,31,33H,13-14,17-20,23-25H2,1-3H3,(H,39,40)/p-1. The van der Waals surface area contributed by atoms with Crippen molar-refractivity contribution in [3.05, 3.63) is 95.8 Å². The summed E-state index contributed by atoms with van der Waals surface area (Å²) in [7, 11) is -1.18. The van der Waals surface area contributed by atoms with E-state index in [2.05, 4.69) is 66.0 Å². The van der Waals surface area contributed by atoms with E-state index in [1.165, 1.54) is 10.5 Å². The second-order valence-electron chi connectivity index (χ2n) is 12.6. The first-order chi connectivity index (χ1) is 21.7. The van der Waals surface area contributed by atoms with Crippen molar-refractivity contribution in [3.63, 3.8) is 0 Å². The Morgan fingerprint density at radius 3 is 2.56 bits per heavy atom. The first-order valence-corrected chi connectivity index (χ1v) is 20.2. The lowest BCUT2D eigenvalue weighted by Crippen LogP contribution is -2.51. The average molecular weight is 645 g/mol. The SMILES string of the molecule is C[Si](C)(C)CCOCOc1cc(COC2CN(C(=O)[O-])CCC2c2ccc(CCSc3ncccn3)cc2)cc2ccccc12. The first kappa shape index (κ1) is 32.9. The van der Waals surface area contributed by atoms with Crippen LogP contribution in [-0.4, -0.2) is 67.4 Å². The molecular formula is C35H42N3O5SSi-. The quantitative estimate of drug-likeness (QED) is 0.0514. The summed E-state index contributed by atoms with van der Waals surface area (Å²) in [4.78, 5) is 21.7. The van der Waals surface area contributed by atoms with Crippen LogP contribution in [0.2, 0.25) is 25.7 Å². The molecule has 8 nitrogen and oxygen atoms in total. The van der Waals surface area contributed by atoms with E-state index in [0.717, 1.165) is 51.0 Å². The summed E-state index contributed by atoms with van der Waals surface area (Å²) in [6, 6.07) is 23.7. The van der Waals surface area contributed by atoms with Gasteiger partial charge in [0, 0.05) is 57.2 Å². The van der Waals surface area contributed by atoms with Gasteiger partial charge >= 0.3 is 0 Å². The summed E-state index contributed by atoms with van der Waals surface area (Å²) in [5, 5.41) is 14.6. The number of aryl methyl sites for hydroxylation is 1. The van der Waals surface area contributed by atoms with E-state index in [0.29, 0.717) is 26.2 Å².